The van der Waals surface area contributed by atoms with Crippen LogP contribution < -0.4 is 11.2 Å². The van der Waals surface area contributed by atoms with Crippen molar-refractivity contribution in [1.82, 2.24) is 14.8 Å². The minimum atomic E-state index is -1.36. The lowest BCUT2D eigenvalue weighted by Crippen LogP contribution is -2.41. The first-order chi connectivity index (χ1) is 10.8. The summed E-state index contributed by atoms with van der Waals surface area (Å²) in [5, 5.41) is 13.8. The summed E-state index contributed by atoms with van der Waals surface area (Å²) in [4.78, 5) is 46.9. The van der Waals surface area contributed by atoms with Crippen LogP contribution in [0.5, 0.6) is 0 Å². The van der Waals surface area contributed by atoms with Crippen molar-refractivity contribution in [2.45, 2.75) is 38.4 Å². The van der Waals surface area contributed by atoms with Crippen LogP contribution in [0, 0.1) is 0 Å². The third kappa shape index (κ3) is 3.81. The number of carbonyl (C=O) groups is 2. The summed E-state index contributed by atoms with van der Waals surface area (Å²) in [6.45, 7) is 1.99. The number of carbonyl (C=O) groups excluding carboxylic acids is 2. The van der Waals surface area contributed by atoms with E-state index in [9.17, 15) is 24.3 Å². The molecule has 0 unspecified atom stereocenters. The van der Waals surface area contributed by atoms with Gasteiger partial charge in [-0.1, -0.05) is 0 Å². The van der Waals surface area contributed by atoms with Crippen molar-refractivity contribution in [3.05, 3.63) is 27.0 Å². The number of rotatable bonds is 4. The van der Waals surface area contributed by atoms with Crippen molar-refractivity contribution in [1.29, 1.82) is 0 Å². The van der Waals surface area contributed by atoms with Gasteiger partial charge in [-0.25, -0.2) is 4.79 Å². The molecule has 1 aliphatic rings. The smallest absolute Gasteiger partial charge is 0.347 e. The lowest BCUT2D eigenvalue weighted by Gasteiger charge is -2.20. The molecule has 0 saturated carbocycles. The Hall–Kier alpha value is -2.53. The Kier molecular flexibility index (Phi) is 4.91. The normalized spacial score (nSPS) is 26.7. The number of hydrogen-bond donors (Lipinski definition) is 2. The number of nitrogens with zero attached hydrogens (tertiary/aromatic N) is 2. The maximum absolute atomic E-state index is 11.8. The van der Waals surface area contributed by atoms with Crippen molar-refractivity contribution in [2.75, 3.05) is 6.61 Å². The highest BCUT2D eigenvalue weighted by atomic mass is 16.6. The molecule has 2 N–H and O–H groups in total. The zero-order chi connectivity index (χ0) is 17.1. The molecule has 0 spiro atoms. The minimum Gasteiger partial charge on any atom is -0.463 e. The van der Waals surface area contributed by atoms with Gasteiger partial charge in [0.1, 0.15) is 25.0 Å². The largest absolute Gasteiger partial charge is 0.463 e. The van der Waals surface area contributed by atoms with Crippen LogP contribution in [-0.2, 0) is 23.8 Å². The van der Waals surface area contributed by atoms with Crippen molar-refractivity contribution in [3.8, 4) is 0 Å². The Balaban J connectivity index is 2.30. The zero-order valence-corrected chi connectivity index (χ0v) is 12.3. The molecule has 1 saturated heterocycles. The van der Waals surface area contributed by atoms with Gasteiger partial charge in [0, 0.05) is 13.8 Å². The molecule has 1 aromatic rings. The van der Waals surface area contributed by atoms with Crippen LogP contribution in [0.1, 0.15) is 20.1 Å². The second-order valence-corrected chi connectivity index (χ2v) is 4.82. The van der Waals surface area contributed by atoms with E-state index in [4.69, 9.17) is 14.2 Å². The predicted molar refractivity (Wildman–Crippen MR) is 71.2 cm³/mol. The molecule has 11 heteroatoms. The van der Waals surface area contributed by atoms with E-state index < -0.39 is 47.7 Å². The Morgan fingerprint density at radius 3 is 2.65 bits per heavy atom. The molecule has 0 aromatic carbocycles. The van der Waals surface area contributed by atoms with Crippen molar-refractivity contribution in [2.24, 2.45) is 0 Å². The third-order valence-corrected chi connectivity index (χ3v) is 3.04. The number of aliphatic hydroxyl groups excluding tert-OH is 1. The second-order valence-electron chi connectivity index (χ2n) is 4.82. The van der Waals surface area contributed by atoms with E-state index in [0.29, 0.717) is 0 Å². The van der Waals surface area contributed by atoms with Gasteiger partial charge in [-0.05, 0) is 0 Å². The maximum Gasteiger partial charge on any atom is 0.347 e. The molecule has 4 atom stereocenters. The van der Waals surface area contributed by atoms with E-state index >= 15 is 0 Å². The molecule has 23 heavy (non-hydrogen) atoms. The Labute approximate surface area is 128 Å². The van der Waals surface area contributed by atoms with E-state index in [1.807, 2.05) is 4.98 Å². The molecule has 2 heterocycles. The summed E-state index contributed by atoms with van der Waals surface area (Å²) in [6, 6.07) is 0. The molecule has 1 aliphatic heterocycles. The summed E-state index contributed by atoms with van der Waals surface area (Å²) < 4.78 is 15.9. The molecule has 2 rings (SSSR count). The van der Waals surface area contributed by atoms with E-state index in [1.54, 1.807) is 0 Å². The van der Waals surface area contributed by atoms with Crippen LogP contribution in [0.2, 0.25) is 0 Å². The number of esters is 2. The van der Waals surface area contributed by atoms with Crippen molar-refractivity contribution in [3.63, 3.8) is 0 Å². The fourth-order valence-corrected chi connectivity index (χ4v) is 2.11. The van der Waals surface area contributed by atoms with Gasteiger partial charge in [0.05, 0.1) is 0 Å². The summed E-state index contributed by atoms with van der Waals surface area (Å²) in [7, 11) is 0. The number of aromatic nitrogens is 3. The highest BCUT2D eigenvalue weighted by Crippen LogP contribution is 2.30. The Morgan fingerprint density at radius 1 is 1.39 bits per heavy atom. The average molecular weight is 329 g/mol. The predicted octanol–water partition coefficient (Wildman–Crippen LogP) is -2.32. The average Bonchev–Trinajstić information content (AvgIpc) is 2.73. The van der Waals surface area contributed by atoms with Crippen LogP contribution in [0.4, 0.5) is 0 Å². The number of nitrogens with one attached hydrogen (secondary N) is 1. The molecule has 0 amide bonds. The first kappa shape index (κ1) is 16.8. The lowest BCUT2D eigenvalue weighted by molar-refractivity contribution is -0.156. The van der Waals surface area contributed by atoms with Crippen LogP contribution in [0.25, 0.3) is 0 Å². The molecule has 0 bridgehead atoms. The fraction of sp³-hybridized carbons (Fsp3) is 0.583. The summed E-state index contributed by atoms with van der Waals surface area (Å²) >= 11 is 0. The minimum absolute atomic E-state index is 0.303. The molecular weight excluding hydrogens is 314 g/mol. The van der Waals surface area contributed by atoms with Crippen LogP contribution in [-0.4, -0.2) is 56.7 Å². The Bertz CT molecular complexity index is 711. The monoisotopic (exact) mass is 329 g/mol. The highest BCUT2D eigenvalue weighted by Gasteiger charge is 2.48. The van der Waals surface area contributed by atoms with Crippen LogP contribution in [0.15, 0.2) is 15.8 Å². The molecule has 126 valence electrons. The van der Waals surface area contributed by atoms with E-state index in [2.05, 4.69) is 5.10 Å². The van der Waals surface area contributed by atoms with Crippen molar-refractivity contribution < 1.29 is 28.9 Å². The Morgan fingerprint density at radius 2 is 2.09 bits per heavy atom. The topological polar surface area (TPSA) is 150 Å². The summed E-state index contributed by atoms with van der Waals surface area (Å²) in [5.74, 6) is -1.30. The standard InChI is InChI=1S/C12H15N3O8/c1-5(16)21-4-7-9(19)10(22-6(2)17)11(23-7)15-12(20)14-8(18)3-13-15/h3,7,9-11,19H,4H2,1-2H3,(H,14,18,20)/t7-,9-,10-,11-/m1/s1. The second kappa shape index (κ2) is 6.71. The lowest BCUT2D eigenvalue weighted by atomic mass is 10.1. The van der Waals surface area contributed by atoms with Gasteiger partial charge in [0.15, 0.2) is 12.3 Å². The molecule has 1 aromatic heterocycles. The summed E-state index contributed by atoms with van der Waals surface area (Å²) in [5.41, 5.74) is -1.62. The molecule has 0 aliphatic carbocycles. The molecule has 0 radical (unpaired) electrons. The van der Waals surface area contributed by atoms with Gasteiger partial charge < -0.3 is 19.3 Å². The molecular formula is C12H15N3O8. The molecule has 1 fully saturated rings. The number of H-pyrrole nitrogens is 1. The first-order valence-corrected chi connectivity index (χ1v) is 6.62. The zero-order valence-electron chi connectivity index (χ0n) is 12.3. The van der Waals surface area contributed by atoms with Gasteiger partial charge in [-0.2, -0.15) is 9.78 Å². The van der Waals surface area contributed by atoms with E-state index in [0.717, 1.165) is 17.8 Å². The van der Waals surface area contributed by atoms with Crippen molar-refractivity contribution >= 4 is 11.9 Å². The van der Waals surface area contributed by atoms with Gasteiger partial charge in [-0.3, -0.25) is 19.4 Å². The third-order valence-electron chi connectivity index (χ3n) is 3.04. The molecule has 11 nitrogen and oxygen atoms in total. The van der Waals surface area contributed by atoms with Gasteiger partial charge in [-0.15, -0.1) is 0 Å². The maximum atomic E-state index is 11.8. The highest BCUT2D eigenvalue weighted by molar-refractivity contribution is 5.66. The van der Waals surface area contributed by atoms with Gasteiger partial charge >= 0.3 is 17.6 Å². The van der Waals surface area contributed by atoms with E-state index in [1.165, 1.54) is 6.92 Å². The number of hydrogen-bond acceptors (Lipinski definition) is 9. The van der Waals surface area contributed by atoms with Gasteiger partial charge in [0.25, 0.3) is 5.56 Å². The van der Waals surface area contributed by atoms with Crippen LogP contribution in [0.3, 0.4) is 0 Å². The number of aliphatic hydroxyl groups is 1. The van der Waals surface area contributed by atoms with Crippen LogP contribution >= 0.6 is 0 Å². The van der Waals surface area contributed by atoms with Gasteiger partial charge in [0.2, 0.25) is 0 Å². The number of aromatic amines is 1. The first-order valence-electron chi connectivity index (χ1n) is 6.62. The SMILES string of the molecule is CC(=O)OC[C@H]1O[C@@H](n2ncc(=O)[nH]c2=O)[C@H](OC(C)=O)[C@@H]1O. The van der Waals surface area contributed by atoms with E-state index in [-0.39, 0.29) is 6.61 Å². The summed E-state index contributed by atoms with van der Waals surface area (Å²) in [6.07, 6.45) is -4.10. The number of ether oxygens (including phenoxy) is 3. The fourth-order valence-electron chi connectivity index (χ4n) is 2.11. The quantitative estimate of drug-likeness (QED) is 0.580.